The number of hydrogen-bond donors (Lipinski definition) is 0. The van der Waals surface area contributed by atoms with Crippen molar-refractivity contribution in [3.8, 4) is 5.75 Å². The summed E-state index contributed by atoms with van der Waals surface area (Å²) in [6.45, 7) is 0. The fourth-order valence-corrected chi connectivity index (χ4v) is 2.57. The van der Waals surface area contributed by atoms with Gasteiger partial charge in [0.15, 0.2) is 0 Å². The number of halogens is 3. The summed E-state index contributed by atoms with van der Waals surface area (Å²) >= 11 is 3.98. The van der Waals surface area contributed by atoms with Crippen LogP contribution in [0.15, 0.2) is 28.1 Å². The summed E-state index contributed by atoms with van der Waals surface area (Å²) in [4.78, 5) is 12.3. The van der Waals surface area contributed by atoms with Gasteiger partial charge in [-0.15, -0.1) is 11.3 Å². The van der Waals surface area contributed by atoms with Crippen molar-refractivity contribution in [2.24, 2.45) is 0 Å². The van der Waals surface area contributed by atoms with Gasteiger partial charge in [0.1, 0.15) is 22.3 Å². The second-order valence-corrected chi connectivity index (χ2v) is 5.16. The van der Waals surface area contributed by atoms with Gasteiger partial charge >= 0.3 is 0 Å². The summed E-state index contributed by atoms with van der Waals surface area (Å²) in [7, 11) is 1.41. The van der Waals surface area contributed by atoms with E-state index in [2.05, 4.69) is 15.9 Å². The van der Waals surface area contributed by atoms with Crippen LogP contribution in [0, 0.1) is 11.6 Å². The summed E-state index contributed by atoms with van der Waals surface area (Å²) in [5, 5.41) is 1.65. The number of hydrogen-bond acceptors (Lipinski definition) is 3. The maximum Gasteiger partial charge on any atom is 0.209 e. The molecule has 0 amide bonds. The molecule has 0 saturated carbocycles. The van der Waals surface area contributed by atoms with Crippen LogP contribution >= 0.6 is 27.3 Å². The molecule has 2 aromatic rings. The molecule has 2 nitrogen and oxygen atoms in total. The number of carbonyl (C=O) groups excluding carboxylic acids is 1. The second kappa shape index (κ2) is 5.16. The number of ketones is 1. The predicted octanol–water partition coefficient (Wildman–Crippen LogP) is 4.03. The molecule has 0 radical (unpaired) electrons. The highest BCUT2D eigenvalue weighted by Gasteiger charge is 2.21. The van der Waals surface area contributed by atoms with Crippen LogP contribution in [0.2, 0.25) is 0 Å². The third-order valence-electron chi connectivity index (χ3n) is 2.31. The molecule has 0 fully saturated rings. The van der Waals surface area contributed by atoms with E-state index in [0.717, 1.165) is 23.5 Å². The van der Waals surface area contributed by atoms with Gasteiger partial charge in [-0.25, -0.2) is 8.78 Å². The number of rotatable bonds is 3. The van der Waals surface area contributed by atoms with Gasteiger partial charge in [-0.3, -0.25) is 4.79 Å². The van der Waals surface area contributed by atoms with Crippen molar-refractivity contribution in [3.63, 3.8) is 0 Å². The third-order valence-corrected chi connectivity index (χ3v) is 3.81. The van der Waals surface area contributed by atoms with Crippen LogP contribution in [0.3, 0.4) is 0 Å². The van der Waals surface area contributed by atoms with Gasteiger partial charge in [0, 0.05) is 0 Å². The Balaban J connectivity index is 2.50. The van der Waals surface area contributed by atoms with E-state index in [1.807, 2.05) is 0 Å². The Bertz CT molecular complexity index is 610. The van der Waals surface area contributed by atoms with Gasteiger partial charge < -0.3 is 4.74 Å². The highest BCUT2D eigenvalue weighted by molar-refractivity contribution is 9.10. The third kappa shape index (κ3) is 2.30. The zero-order valence-electron chi connectivity index (χ0n) is 9.17. The average Bonchev–Trinajstić information content (AvgIpc) is 2.81. The highest BCUT2D eigenvalue weighted by atomic mass is 79.9. The quantitative estimate of drug-likeness (QED) is 0.626. The van der Waals surface area contributed by atoms with E-state index in [1.54, 1.807) is 11.4 Å². The van der Waals surface area contributed by atoms with E-state index in [9.17, 15) is 13.6 Å². The normalized spacial score (nSPS) is 10.4. The summed E-state index contributed by atoms with van der Waals surface area (Å²) < 4.78 is 32.0. The van der Waals surface area contributed by atoms with E-state index in [0.29, 0.717) is 5.75 Å². The van der Waals surface area contributed by atoms with Gasteiger partial charge in [-0.2, -0.15) is 0 Å². The van der Waals surface area contributed by atoms with Crippen LogP contribution < -0.4 is 4.74 Å². The molecular weight excluding hydrogens is 326 g/mol. The number of thiophene rings is 1. The summed E-state index contributed by atoms with van der Waals surface area (Å²) in [6, 6.07) is 3.41. The van der Waals surface area contributed by atoms with Gasteiger partial charge in [-0.1, -0.05) is 0 Å². The SMILES string of the molecule is COc1ccsc1C(=O)c1cc(F)c(Br)cc1F. The monoisotopic (exact) mass is 332 g/mol. The van der Waals surface area contributed by atoms with Crippen LogP contribution in [0.25, 0.3) is 0 Å². The Morgan fingerprint density at radius 1 is 1.33 bits per heavy atom. The Kier molecular flexibility index (Phi) is 3.77. The molecule has 0 saturated heterocycles. The molecular formula is C12H7BrF2O2S. The van der Waals surface area contributed by atoms with Crippen LogP contribution in [0.5, 0.6) is 5.75 Å². The predicted molar refractivity (Wildman–Crippen MR) is 68.4 cm³/mol. The Hall–Kier alpha value is -1.27. The molecule has 0 N–H and O–H groups in total. The second-order valence-electron chi connectivity index (χ2n) is 3.39. The van der Waals surface area contributed by atoms with Crippen molar-refractivity contribution in [1.82, 2.24) is 0 Å². The van der Waals surface area contributed by atoms with Crippen molar-refractivity contribution in [2.45, 2.75) is 0 Å². The van der Waals surface area contributed by atoms with Crippen molar-refractivity contribution in [2.75, 3.05) is 7.11 Å². The van der Waals surface area contributed by atoms with Crippen molar-refractivity contribution >= 4 is 33.0 Å². The Morgan fingerprint density at radius 3 is 2.72 bits per heavy atom. The fourth-order valence-electron chi connectivity index (χ4n) is 1.44. The fraction of sp³-hybridized carbons (Fsp3) is 0.0833. The first-order valence-corrected chi connectivity index (χ1v) is 6.52. The Labute approximate surface area is 114 Å². The molecule has 94 valence electrons. The maximum absolute atomic E-state index is 13.7. The van der Waals surface area contributed by atoms with Crippen molar-refractivity contribution < 1.29 is 18.3 Å². The largest absolute Gasteiger partial charge is 0.495 e. The first-order valence-electron chi connectivity index (χ1n) is 4.85. The molecule has 0 aliphatic rings. The molecule has 0 aliphatic heterocycles. The van der Waals surface area contributed by atoms with Crippen LogP contribution in [0.1, 0.15) is 15.2 Å². The topological polar surface area (TPSA) is 26.3 Å². The van der Waals surface area contributed by atoms with E-state index in [1.165, 1.54) is 7.11 Å². The highest BCUT2D eigenvalue weighted by Crippen LogP contribution is 2.29. The average molecular weight is 333 g/mol. The molecule has 18 heavy (non-hydrogen) atoms. The summed E-state index contributed by atoms with van der Waals surface area (Å²) in [5.74, 6) is -1.70. The van der Waals surface area contributed by atoms with Gasteiger partial charge in [0.2, 0.25) is 5.78 Å². The van der Waals surface area contributed by atoms with E-state index in [4.69, 9.17) is 4.74 Å². The van der Waals surface area contributed by atoms with E-state index < -0.39 is 17.4 Å². The van der Waals surface area contributed by atoms with E-state index in [-0.39, 0.29) is 14.9 Å². The lowest BCUT2D eigenvalue weighted by atomic mass is 10.1. The minimum absolute atomic E-state index is 0.0188. The lowest BCUT2D eigenvalue weighted by Gasteiger charge is -2.04. The molecule has 1 heterocycles. The first kappa shape index (κ1) is 13.2. The van der Waals surface area contributed by atoms with Crippen LogP contribution in [-0.2, 0) is 0 Å². The lowest BCUT2D eigenvalue weighted by molar-refractivity contribution is 0.103. The molecule has 6 heteroatoms. The lowest BCUT2D eigenvalue weighted by Crippen LogP contribution is -2.05. The van der Waals surface area contributed by atoms with Crippen molar-refractivity contribution in [3.05, 3.63) is 50.1 Å². The molecule has 0 spiro atoms. The molecule has 1 aromatic heterocycles. The van der Waals surface area contributed by atoms with Gasteiger partial charge in [0.05, 0.1) is 17.1 Å². The standard InChI is InChI=1S/C12H7BrF2O2S/c1-17-10-2-3-18-12(10)11(16)6-4-9(15)7(13)5-8(6)14/h2-5H,1H3. The summed E-state index contributed by atoms with van der Waals surface area (Å²) in [6.07, 6.45) is 0. The zero-order chi connectivity index (χ0) is 13.3. The Morgan fingerprint density at radius 2 is 2.06 bits per heavy atom. The zero-order valence-corrected chi connectivity index (χ0v) is 11.6. The van der Waals surface area contributed by atoms with Gasteiger partial charge in [-0.05, 0) is 39.5 Å². The van der Waals surface area contributed by atoms with Crippen LogP contribution in [-0.4, -0.2) is 12.9 Å². The first-order chi connectivity index (χ1) is 8.54. The number of benzene rings is 1. The number of carbonyl (C=O) groups is 1. The number of ether oxygens (including phenoxy) is 1. The summed E-state index contributed by atoms with van der Waals surface area (Å²) in [5.41, 5.74) is -0.309. The van der Waals surface area contributed by atoms with Crippen molar-refractivity contribution in [1.29, 1.82) is 0 Å². The molecule has 0 aliphatic carbocycles. The molecule has 1 aromatic carbocycles. The van der Waals surface area contributed by atoms with Gasteiger partial charge in [0.25, 0.3) is 0 Å². The van der Waals surface area contributed by atoms with E-state index >= 15 is 0 Å². The van der Waals surface area contributed by atoms with Crippen LogP contribution in [0.4, 0.5) is 8.78 Å². The maximum atomic E-state index is 13.7. The minimum atomic E-state index is -0.774. The molecule has 0 bridgehead atoms. The molecule has 0 unspecified atom stereocenters. The number of methoxy groups -OCH3 is 1. The molecule has 2 rings (SSSR count). The minimum Gasteiger partial charge on any atom is -0.495 e. The smallest absolute Gasteiger partial charge is 0.209 e. The molecule has 0 atom stereocenters.